The fraction of sp³-hybridized carbons (Fsp3) is 0. The zero-order valence-electron chi connectivity index (χ0n) is 36.5. The lowest BCUT2D eigenvalue weighted by Gasteiger charge is -2.25. The maximum Gasteiger partial charge on any atom is 0.220 e. The summed E-state index contributed by atoms with van der Waals surface area (Å²) in [6.45, 7) is 9.42. The molecule has 0 aliphatic heterocycles. The first-order chi connectivity index (χ1) is 34.2. The van der Waals surface area contributed by atoms with Gasteiger partial charge in [-0.05, 0) is 41.0 Å². The second kappa shape index (κ2) is 14.5. The topological polar surface area (TPSA) is 38.0 Å². The lowest BCUT2D eigenvalue weighted by Crippen LogP contribution is -2.09. The number of hydrogen-bond donors (Lipinski definition) is 0. The van der Waals surface area contributed by atoms with E-state index in [9.17, 15) is 11.8 Å². The van der Waals surface area contributed by atoms with Crippen molar-refractivity contribution in [2.75, 3.05) is 0 Å². The van der Waals surface area contributed by atoms with Crippen molar-refractivity contribution in [2.45, 2.75) is 0 Å². The molecule has 7 heteroatoms. The van der Waals surface area contributed by atoms with Gasteiger partial charge in [-0.3, -0.25) is 0 Å². The zero-order valence-corrected chi connectivity index (χ0v) is 38.9. The lowest BCUT2D eigenvalue weighted by molar-refractivity contribution is 1.13. The number of benzene rings is 10. The number of rotatable bonds is 4. The van der Waals surface area contributed by atoms with E-state index < -0.39 is 0 Å². The molecule has 0 spiro atoms. The standard InChI is InChI=1S/C62H32N4S3/c1-64-54-52(35-16-4-2-5-17-35)53(36-18-6-3-7-19-36)55(47(34-63)56(54)65-48-24-12-8-20-37(48)41-28-31-44-38-21-9-13-25-49(38)67-60(44)57(41)65)66-58-42(29-32-45-39-22-10-14-26-50(39)68-61(45)58)43-30-33-46-40-23-11-15-27-51(40)69-62(46)59(43)66/h2-33H. The van der Waals surface area contributed by atoms with Crippen LogP contribution in [-0.2, 0) is 0 Å². The van der Waals surface area contributed by atoms with Crippen LogP contribution in [0.1, 0.15) is 5.56 Å². The fourth-order valence-electron chi connectivity index (χ4n) is 11.4. The van der Waals surface area contributed by atoms with Crippen LogP contribution < -0.4 is 0 Å². The molecule has 0 radical (unpaired) electrons. The summed E-state index contributed by atoms with van der Waals surface area (Å²) in [4.78, 5) is 4.61. The van der Waals surface area contributed by atoms with Crippen LogP contribution in [0.25, 0.3) is 143 Å². The minimum atomic E-state index is 0.431. The van der Waals surface area contributed by atoms with Gasteiger partial charge in [0, 0.05) is 73.5 Å². The van der Waals surface area contributed by atoms with Gasteiger partial charge in [-0.2, -0.15) is 5.26 Å². The second-order valence-electron chi connectivity index (χ2n) is 17.6. The Kier molecular flexibility index (Phi) is 8.08. The van der Waals surface area contributed by atoms with Crippen LogP contribution in [0.3, 0.4) is 0 Å². The first kappa shape index (κ1) is 38.5. The average molecular weight is 929 g/mol. The van der Waals surface area contributed by atoms with Crippen LogP contribution in [0.15, 0.2) is 194 Å². The number of hydrogen-bond acceptors (Lipinski definition) is 4. The van der Waals surface area contributed by atoms with Crippen LogP contribution in [0.4, 0.5) is 5.69 Å². The van der Waals surface area contributed by atoms with E-state index in [0.29, 0.717) is 16.9 Å². The van der Waals surface area contributed by atoms with Gasteiger partial charge in [-0.1, -0.05) is 170 Å². The number of nitriles is 1. The van der Waals surface area contributed by atoms with Crippen LogP contribution >= 0.6 is 34.0 Å². The third-order valence-corrected chi connectivity index (χ3v) is 17.8. The van der Waals surface area contributed by atoms with E-state index in [1.54, 1.807) is 34.0 Å². The summed E-state index contributed by atoms with van der Waals surface area (Å²) in [5.74, 6) is 0. The van der Waals surface area contributed by atoms with Crippen molar-refractivity contribution in [3.05, 3.63) is 211 Å². The predicted octanol–water partition coefficient (Wildman–Crippen LogP) is 18.7. The van der Waals surface area contributed by atoms with E-state index in [4.69, 9.17) is 0 Å². The summed E-state index contributed by atoms with van der Waals surface area (Å²) in [6.07, 6.45) is 0. The minimum Gasteiger partial charge on any atom is -0.316 e. The molecule has 0 N–H and O–H groups in total. The summed E-state index contributed by atoms with van der Waals surface area (Å²) < 4.78 is 11.8. The molecule has 0 unspecified atom stereocenters. The van der Waals surface area contributed by atoms with Gasteiger partial charge in [0.25, 0.3) is 0 Å². The highest BCUT2D eigenvalue weighted by molar-refractivity contribution is 7.27. The highest BCUT2D eigenvalue weighted by Crippen LogP contribution is 2.55. The smallest absolute Gasteiger partial charge is 0.220 e. The van der Waals surface area contributed by atoms with Crippen molar-refractivity contribution < 1.29 is 0 Å². The molecule has 0 aliphatic rings. The van der Waals surface area contributed by atoms with E-state index in [0.717, 1.165) is 91.0 Å². The third-order valence-electron chi connectivity index (χ3n) is 14.2. The number of thiophene rings is 3. The maximum atomic E-state index is 12.4. The molecule has 10 aromatic carbocycles. The van der Waals surface area contributed by atoms with Crippen LogP contribution in [-0.4, -0.2) is 9.13 Å². The molecule has 0 saturated carbocycles. The van der Waals surface area contributed by atoms with Gasteiger partial charge in [0.15, 0.2) is 0 Å². The molecule has 0 atom stereocenters. The number of aromatic nitrogens is 2. The van der Waals surface area contributed by atoms with E-state index in [2.05, 4.69) is 202 Å². The van der Waals surface area contributed by atoms with E-state index in [-0.39, 0.29) is 0 Å². The monoisotopic (exact) mass is 928 g/mol. The SMILES string of the molecule is [C-]#[N+]c1c(-c2ccccc2)c(-c2ccccc2)c(-n2c3c(ccc4c5ccccc5sc43)c3ccc4c5ccccc5sc4c32)c(C#N)c1-n1c2ccccc2c2ccc3c4ccccc4sc3c21. The second-order valence-corrected chi connectivity index (χ2v) is 20.8. The first-order valence-electron chi connectivity index (χ1n) is 22.9. The van der Waals surface area contributed by atoms with Crippen molar-refractivity contribution in [1.29, 1.82) is 5.26 Å². The number of para-hydroxylation sites is 1. The van der Waals surface area contributed by atoms with Crippen LogP contribution in [0.2, 0.25) is 0 Å². The Balaban J connectivity index is 1.26. The third kappa shape index (κ3) is 5.19. The van der Waals surface area contributed by atoms with Gasteiger partial charge in [0.2, 0.25) is 5.69 Å². The van der Waals surface area contributed by atoms with E-state index >= 15 is 0 Å². The summed E-state index contributed by atoms with van der Waals surface area (Å²) in [7, 11) is 0. The molecule has 0 fully saturated rings. The van der Waals surface area contributed by atoms with Crippen molar-refractivity contribution in [3.8, 4) is 39.7 Å². The first-order valence-corrected chi connectivity index (χ1v) is 25.3. The Morgan fingerprint density at radius 1 is 0.377 bits per heavy atom. The average Bonchev–Trinajstić information content (AvgIpc) is 4.23. The summed E-state index contributed by atoms with van der Waals surface area (Å²) >= 11 is 5.38. The lowest BCUT2D eigenvalue weighted by atomic mass is 9.87. The van der Waals surface area contributed by atoms with E-state index in [1.807, 2.05) is 12.1 Å². The summed E-state index contributed by atoms with van der Waals surface area (Å²) in [5, 5.41) is 23.9. The summed E-state index contributed by atoms with van der Waals surface area (Å²) in [6, 6.07) is 71.8. The van der Waals surface area contributed by atoms with Gasteiger partial charge in [0.05, 0.1) is 59.7 Å². The van der Waals surface area contributed by atoms with Crippen molar-refractivity contribution in [2.24, 2.45) is 0 Å². The largest absolute Gasteiger partial charge is 0.316 e. The molecule has 318 valence electrons. The Labute approximate surface area is 406 Å². The molecule has 0 saturated heterocycles. The quantitative estimate of drug-likeness (QED) is 0.162. The predicted molar refractivity (Wildman–Crippen MR) is 296 cm³/mol. The molecule has 0 bridgehead atoms. The molecule has 4 nitrogen and oxygen atoms in total. The number of nitrogens with zero attached hydrogens (tertiary/aromatic N) is 4. The normalized spacial score (nSPS) is 12.0. The molecule has 5 heterocycles. The Morgan fingerprint density at radius 2 is 0.768 bits per heavy atom. The Morgan fingerprint density at radius 3 is 1.25 bits per heavy atom. The highest BCUT2D eigenvalue weighted by atomic mass is 32.1. The molecular weight excluding hydrogens is 897 g/mol. The van der Waals surface area contributed by atoms with Gasteiger partial charge >= 0.3 is 0 Å². The molecule has 5 aromatic heterocycles. The molecule has 0 amide bonds. The zero-order chi connectivity index (χ0) is 45.5. The van der Waals surface area contributed by atoms with Crippen molar-refractivity contribution >= 4 is 144 Å². The molecule has 69 heavy (non-hydrogen) atoms. The van der Waals surface area contributed by atoms with Gasteiger partial charge in [-0.25, -0.2) is 4.85 Å². The van der Waals surface area contributed by atoms with Crippen LogP contribution in [0.5, 0.6) is 0 Å². The van der Waals surface area contributed by atoms with Crippen LogP contribution in [0, 0.1) is 17.9 Å². The van der Waals surface area contributed by atoms with Crippen molar-refractivity contribution in [1.82, 2.24) is 9.13 Å². The molecule has 15 rings (SSSR count). The fourth-order valence-corrected chi connectivity index (χ4v) is 15.1. The van der Waals surface area contributed by atoms with Crippen molar-refractivity contribution in [3.63, 3.8) is 0 Å². The summed E-state index contributed by atoms with van der Waals surface area (Å²) in [5.41, 5.74) is 9.72. The van der Waals surface area contributed by atoms with E-state index in [1.165, 1.54) is 41.0 Å². The minimum absolute atomic E-state index is 0.431. The number of fused-ring (bicyclic) bond motifs is 18. The highest BCUT2D eigenvalue weighted by Gasteiger charge is 2.33. The van der Waals surface area contributed by atoms with Gasteiger partial charge < -0.3 is 9.13 Å². The molecule has 0 aliphatic carbocycles. The maximum absolute atomic E-state index is 12.4. The Hall–Kier alpha value is -8.56. The Bertz CT molecular complexity index is 4670. The van der Waals surface area contributed by atoms with Gasteiger partial charge in [0.1, 0.15) is 6.07 Å². The van der Waals surface area contributed by atoms with Gasteiger partial charge in [-0.15, -0.1) is 34.0 Å². The molecule has 15 aromatic rings. The molecular formula is C62H32N4S3.